The molecule has 124 valence electrons. The van der Waals surface area contributed by atoms with Crippen molar-refractivity contribution < 1.29 is 14.7 Å². The number of nitrogens with zero attached hydrogens (tertiary/aromatic N) is 1. The summed E-state index contributed by atoms with van der Waals surface area (Å²) in [6.07, 6.45) is 4.53. The number of nitrogens with one attached hydrogen (secondary N) is 1. The zero-order valence-corrected chi connectivity index (χ0v) is 15.2. The van der Waals surface area contributed by atoms with E-state index < -0.39 is 12.0 Å². The zero-order valence-electron chi connectivity index (χ0n) is 12.8. The van der Waals surface area contributed by atoms with E-state index in [1.54, 1.807) is 11.8 Å². The predicted octanol–water partition coefficient (Wildman–Crippen LogP) is 3.12. The number of rotatable bonds is 8. The van der Waals surface area contributed by atoms with Crippen molar-refractivity contribution in [1.82, 2.24) is 9.88 Å². The molecule has 23 heavy (non-hydrogen) atoms. The summed E-state index contributed by atoms with van der Waals surface area (Å²) in [6, 6.07) is 7.10. The van der Waals surface area contributed by atoms with Gasteiger partial charge in [-0.05, 0) is 36.6 Å². The van der Waals surface area contributed by atoms with Gasteiger partial charge in [-0.1, -0.05) is 22.0 Å². The van der Waals surface area contributed by atoms with Gasteiger partial charge < -0.3 is 15.0 Å². The molecule has 2 N–H and O–H groups in total. The second-order valence-corrected chi connectivity index (χ2v) is 7.01. The van der Waals surface area contributed by atoms with Gasteiger partial charge in [0.05, 0.1) is 0 Å². The smallest absolute Gasteiger partial charge is 0.326 e. The summed E-state index contributed by atoms with van der Waals surface area (Å²) in [5.41, 5.74) is 1.05. The highest BCUT2D eigenvalue weighted by Gasteiger charge is 2.19. The molecule has 0 radical (unpaired) electrons. The minimum atomic E-state index is -0.984. The van der Waals surface area contributed by atoms with Crippen LogP contribution in [0, 0.1) is 0 Å². The first-order valence-electron chi connectivity index (χ1n) is 7.27. The fraction of sp³-hybridized carbons (Fsp3) is 0.375. The average molecular weight is 399 g/mol. The number of benzene rings is 1. The molecule has 0 aliphatic rings. The number of hydrogen-bond acceptors (Lipinski definition) is 3. The van der Waals surface area contributed by atoms with Gasteiger partial charge in [0.25, 0.3) is 0 Å². The van der Waals surface area contributed by atoms with Crippen LogP contribution in [0.2, 0.25) is 0 Å². The fourth-order valence-electron chi connectivity index (χ4n) is 2.36. The Morgan fingerprint density at radius 3 is 2.87 bits per heavy atom. The molecule has 1 amide bonds. The quantitative estimate of drug-likeness (QED) is 0.716. The standard InChI is InChI=1S/C16H19BrN2O3S/c1-23-10-7-13(16(21)22)18-15(20)6-9-19-8-5-11-12(17)3-2-4-14(11)19/h2-5,8,13H,6-7,9-10H2,1H3,(H,18,20)(H,21,22)/t13-/m1/s1. The molecule has 0 spiro atoms. The van der Waals surface area contributed by atoms with E-state index in [0.717, 1.165) is 15.4 Å². The number of halogens is 1. The van der Waals surface area contributed by atoms with Crippen LogP contribution in [0.15, 0.2) is 34.9 Å². The van der Waals surface area contributed by atoms with E-state index >= 15 is 0 Å². The third kappa shape index (κ3) is 4.75. The van der Waals surface area contributed by atoms with Crippen molar-refractivity contribution in [3.8, 4) is 0 Å². The Bertz CT molecular complexity index is 702. The number of carbonyl (C=O) groups is 2. The number of aromatic nitrogens is 1. The van der Waals surface area contributed by atoms with E-state index in [1.807, 2.05) is 41.3 Å². The van der Waals surface area contributed by atoms with E-state index in [-0.39, 0.29) is 12.3 Å². The molecule has 2 rings (SSSR count). The van der Waals surface area contributed by atoms with Crippen molar-refractivity contribution in [1.29, 1.82) is 0 Å². The molecule has 0 saturated heterocycles. The van der Waals surface area contributed by atoms with Crippen LogP contribution in [0.5, 0.6) is 0 Å². The predicted molar refractivity (Wildman–Crippen MR) is 96.8 cm³/mol. The van der Waals surface area contributed by atoms with Crippen molar-refractivity contribution in [3.63, 3.8) is 0 Å². The van der Waals surface area contributed by atoms with Crippen molar-refractivity contribution in [3.05, 3.63) is 34.9 Å². The molecule has 0 unspecified atom stereocenters. The maximum atomic E-state index is 12.0. The second-order valence-electron chi connectivity index (χ2n) is 5.17. The Morgan fingerprint density at radius 2 is 2.17 bits per heavy atom. The van der Waals surface area contributed by atoms with Crippen LogP contribution in [0.3, 0.4) is 0 Å². The van der Waals surface area contributed by atoms with E-state index in [4.69, 9.17) is 5.11 Å². The summed E-state index contributed by atoms with van der Waals surface area (Å²) < 4.78 is 3.01. The molecule has 1 atom stereocenters. The van der Waals surface area contributed by atoms with Crippen molar-refractivity contribution >= 4 is 50.5 Å². The number of fused-ring (bicyclic) bond motifs is 1. The molecule has 0 bridgehead atoms. The molecule has 2 aromatic rings. The lowest BCUT2D eigenvalue weighted by molar-refractivity contribution is -0.141. The van der Waals surface area contributed by atoms with Crippen LogP contribution in [0.4, 0.5) is 0 Å². The highest BCUT2D eigenvalue weighted by Crippen LogP contribution is 2.24. The third-order valence-electron chi connectivity index (χ3n) is 3.58. The lowest BCUT2D eigenvalue weighted by atomic mass is 10.2. The number of thioether (sulfide) groups is 1. The van der Waals surface area contributed by atoms with Gasteiger partial charge >= 0.3 is 5.97 Å². The summed E-state index contributed by atoms with van der Waals surface area (Å²) in [4.78, 5) is 23.2. The number of carboxylic acids is 1. The highest BCUT2D eigenvalue weighted by molar-refractivity contribution is 9.10. The van der Waals surface area contributed by atoms with E-state index in [9.17, 15) is 9.59 Å². The topological polar surface area (TPSA) is 71.3 Å². The number of aliphatic carboxylic acids is 1. The van der Waals surface area contributed by atoms with Gasteiger partial charge in [-0.15, -0.1) is 0 Å². The number of amides is 1. The summed E-state index contributed by atoms with van der Waals surface area (Å²) >= 11 is 5.07. The number of carboxylic acid groups (broad SMARTS) is 1. The molecule has 0 aliphatic heterocycles. The molecule has 0 fully saturated rings. The fourth-order valence-corrected chi connectivity index (χ4v) is 3.32. The molecule has 5 nitrogen and oxygen atoms in total. The van der Waals surface area contributed by atoms with Crippen molar-refractivity contribution in [2.75, 3.05) is 12.0 Å². The Labute approximate surface area is 147 Å². The summed E-state index contributed by atoms with van der Waals surface area (Å²) in [5.74, 6) is -0.522. The monoisotopic (exact) mass is 398 g/mol. The Balaban J connectivity index is 1.95. The molecule has 0 saturated carbocycles. The Hall–Kier alpha value is -1.47. The van der Waals surface area contributed by atoms with Crippen molar-refractivity contribution in [2.45, 2.75) is 25.4 Å². The lowest BCUT2D eigenvalue weighted by Crippen LogP contribution is -2.41. The van der Waals surface area contributed by atoms with Crippen LogP contribution < -0.4 is 5.32 Å². The maximum Gasteiger partial charge on any atom is 0.326 e. The number of carbonyl (C=O) groups excluding carboxylic acids is 1. The van der Waals surface area contributed by atoms with Gasteiger partial charge in [-0.2, -0.15) is 11.8 Å². The summed E-state index contributed by atoms with van der Waals surface area (Å²) in [6.45, 7) is 0.515. The minimum Gasteiger partial charge on any atom is -0.480 e. The third-order valence-corrected chi connectivity index (χ3v) is 4.92. The van der Waals surface area contributed by atoms with Crippen LogP contribution in [-0.4, -0.2) is 39.6 Å². The van der Waals surface area contributed by atoms with Gasteiger partial charge in [-0.3, -0.25) is 4.79 Å². The van der Waals surface area contributed by atoms with Gasteiger partial charge in [0.1, 0.15) is 6.04 Å². The van der Waals surface area contributed by atoms with Gasteiger partial charge in [0.2, 0.25) is 5.91 Å². The lowest BCUT2D eigenvalue weighted by Gasteiger charge is -2.14. The largest absolute Gasteiger partial charge is 0.480 e. The van der Waals surface area contributed by atoms with Gasteiger partial charge in [0, 0.05) is 34.5 Å². The Morgan fingerprint density at radius 1 is 1.39 bits per heavy atom. The molecular formula is C16H19BrN2O3S. The van der Waals surface area contributed by atoms with Crippen LogP contribution in [-0.2, 0) is 16.1 Å². The van der Waals surface area contributed by atoms with Crippen LogP contribution in [0.1, 0.15) is 12.8 Å². The molecular weight excluding hydrogens is 380 g/mol. The number of hydrogen-bond donors (Lipinski definition) is 2. The average Bonchev–Trinajstić information content (AvgIpc) is 2.93. The first-order valence-corrected chi connectivity index (χ1v) is 9.46. The minimum absolute atomic E-state index is 0.240. The van der Waals surface area contributed by atoms with E-state index in [1.165, 1.54) is 0 Å². The first-order chi connectivity index (χ1) is 11.0. The van der Waals surface area contributed by atoms with Crippen LogP contribution in [0.25, 0.3) is 10.9 Å². The SMILES string of the molecule is CSCC[C@@H](NC(=O)CCn1ccc2c(Br)cccc21)C(=O)O. The van der Waals surface area contributed by atoms with Crippen LogP contribution >= 0.6 is 27.7 Å². The summed E-state index contributed by atoms with van der Waals surface area (Å²) in [7, 11) is 0. The molecule has 0 aliphatic carbocycles. The Kier molecular flexibility index (Phi) is 6.53. The molecule has 1 aromatic carbocycles. The molecule has 7 heteroatoms. The normalized spacial score (nSPS) is 12.3. The maximum absolute atomic E-state index is 12.0. The van der Waals surface area contributed by atoms with Gasteiger partial charge in [-0.25, -0.2) is 4.79 Å². The van der Waals surface area contributed by atoms with E-state index in [2.05, 4.69) is 21.2 Å². The summed E-state index contributed by atoms with van der Waals surface area (Å²) in [5, 5.41) is 12.8. The van der Waals surface area contributed by atoms with Crippen molar-refractivity contribution in [2.24, 2.45) is 0 Å². The second kappa shape index (κ2) is 8.40. The number of aryl methyl sites for hydroxylation is 1. The first kappa shape index (κ1) is 17.9. The van der Waals surface area contributed by atoms with Gasteiger partial charge in [0.15, 0.2) is 0 Å². The molecule has 1 heterocycles. The highest BCUT2D eigenvalue weighted by atomic mass is 79.9. The van der Waals surface area contributed by atoms with E-state index in [0.29, 0.717) is 18.7 Å². The zero-order chi connectivity index (χ0) is 16.8. The molecule has 1 aromatic heterocycles.